The lowest BCUT2D eigenvalue weighted by Gasteiger charge is -2.11. The van der Waals surface area contributed by atoms with Gasteiger partial charge < -0.3 is 20.1 Å². The first-order valence-electron chi connectivity index (χ1n) is 5.45. The normalized spacial score (nSPS) is 9.80. The second kappa shape index (κ2) is 11.3. The third-order valence-electron chi connectivity index (χ3n) is 1.71. The molecule has 15 heavy (non-hydrogen) atoms. The maximum Gasteiger partial charge on any atom is 0.191 e. The zero-order valence-corrected chi connectivity index (χ0v) is 10.0. The molecular weight excluding hydrogens is 194 g/mol. The number of ether oxygens (including phenoxy) is 2. The van der Waals surface area contributed by atoms with E-state index in [1.165, 1.54) is 0 Å². The molecule has 90 valence electrons. The van der Waals surface area contributed by atoms with Crippen molar-refractivity contribution in [2.75, 3.05) is 46.6 Å². The van der Waals surface area contributed by atoms with E-state index < -0.39 is 0 Å². The van der Waals surface area contributed by atoms with Crippen LogP contribution in [0, 0.1) is 0 Å². The van der Waals surface area contributed by atoms with Gasteiger partial charge in [0.1, 0.15) is 0 Å². The zero-order valence-electron chi connectivity index (χ0n) is 10.0. The minimum atomic E-state index is 0.697. The van der Waals surface area contributed by atoms with E-state index in [1.54, 1.807) is 7.05 Å². The van der Waals surface area contributed by atoms with E-state index in [9.17, 15) is 0 Å². The molecule has 0 saturated carbocycles. The van der Waals surface area contributed by atoms with Gasteiger partial charge in [0.2, 0.25) is 0 Å². The second-order valence-corrected chi connectivity index (χ2v) is 2.82. The minimum Gasteiger partial charge on any atom is -0.380 e. The molecule has 0 aromatic heterocycles. The molecule has 5 nitrogen and oxygen atoms in total. The van der Waals surface area contributed by atoms with Crippen molar-refractivity contribution in [3.05, 3.63) is 0 Å². The molecule has 0 atom stereocenters. The van der Waals surface area contributed by atoms with E-state index in [0.717, 1.165) is 32.3 Å². The van der Waals surface area contributed by atoms with Crippen LogP contribution in [-0.2, 0) is 9.47 Å². The Labute approximate surface area is 92.2 Å². The van der Waals surface area contributed by atoms with Crippen LogP contribution in [0.1, 0.15) is 13.8 Å². The van der Waals surface area contributed by atoms with Gasteiger partial charge in [0.25, 0.3) is 0 Å². The van der Waals surface area contributed by atoms with Gasteiger partial charge in [-0.05, 0) is 13.8 Å². The first kappa shape index (κ1) is 14.2. The van der Waals surface area contributed by atoms with Crippen LogP contribution in [0.2, 0.25) is 0 Å². The summed E-state index contributed by atoms with van der Waals surface area (Å²) in [7, 11) is 1.75. The molecule has 0 heterocycles. The fourth-order valence-electron chi connectivity index (χ4n) is 0.992. The highest BCUT2D eigenvalue weighted by Gasteiger charge is 1.95. The summed E-state index contributed by atoms with van der Waals surface area (Å²) in [5.74, 6) is 0.786. The topological polar surface area (TPSA) is 54.9 Å². The summed E-state index contributed by atoms with van der Waals surface area (Å²) in [4.78, 5) is 4.07. The fraction of sp³-hybridized carbons (Fsp3) is 0.900. The Balaban J connectivity index is 3.39. The molecule has 0 saturated heterocycles. The number of aliphatic imine (C=N–C) groups is 1. The van der Waals surface area contributed by atoms with Crippen molar-refractivity contribution in [3.63, 3.8) is 0 Å². The Morgan fingerprint density at radius 3 is 1.80 bits per heavy atom. The lowest BCUT2D eigenvalue weighted by Crippen LogP contribution is -2.40. The van der Waals surface area contributed by atoms with E-state index >= 15 is 0 Å². The molecule has 0 radical (unpaired) electrons. The second-order valence-electron chi connectivity index (χ2n) is 2.82. The van der Waals surface area contributed by atoms with Crippen molar-refractivity contribution in [2.24, 2.45) is 4.99 Å². The van der Waals surface area contributed by atoms with E-state index in [-0.39, 0.29) is 0 Å². The number of rotatable bonds is 8. The lowest BCUT2D eigenvalue weighted by atomic mass is 10.6. The molecule has 0 unspecified atom stereocenters. The average Bonchev–Trinajstić information content (AvgIpc) is 2.27. The molecule has 0 fully saturated rings. The quantitative estimate of drug-likeness (QED) is 0.347. The van der Waals surface area contributed by atoms with Crippen molar-refractivity contribution in [1.82, 2.24) is 10.6 Å². The van der Waals surface area contributed by atoms with Crippen molar-refractivity contribution in [2.45, 2.75) is 13.8 Å². The van der Waals surface area contributed by atoms with Crippen molar-refractivity contribution >= 4 is 5.96 Å². The Kier molecular flexibility index (Phi) is 10.7. The van der Waals surface area contributed by atoms with Crippen molar-refractivity contribution < 1.29 is 9.47 Å². The van der Waals surface area contributed by atoms with Gasteiger partial charge in [-0.3, -0.25) is 4.99 Å². The summed E-state index contributed by atoms with van der Waals surface area (Å²) in [6.07, 6.45) is 0. The summed E-state index contributed by atoms with van der Waals surface area (Å²) >= 11 is 0. The van der Waals surface area contributed by atoms with E-state index in [1.807, 2.05) is 13.8 Å². The number of guanidine groups is 1. The minimum absolute atomic E-state index is 0.697. The van der Waals surface area contributed by atoms with Crippen molar-refractivity contribution in [3.8, 4) is 0 Å². The number of nitrogens with zero attached hydrogens (tertiary/aromatic N) is 1. The third kappa shape index (κ3) is 9.49. The van der Waals surface area contributed by atoms with Crippen LogP contribution in [0.4, 0.5) is 0 Å². The van der Waals surface area contributed by atoms with Gasteiger partial charge in [0.05, 0.1) is 13.2 Å². The van der Waals surface area contributed by atoms with Crippen LogP contribution in [0.5, 0.6) is 0 Å². The SMILES string of the molecule is CCOCCNC(=NC)NCCOCC. The number of nitrogens with one attached hydrogen (secondary N) is 2. The van der Waals surface area contributed by atoms with Crippen LogP contribution in [0.3, 0.4) is 0 Å². The van der Waals surface area contributed by atoms with E-state index in [0.29, 0.717) is 13.2 Å². The average molecular weight is 217 g/mol. The predicted molar refractivity (Wildman–Crippen MR) is 62.4 cm³/mol. The molecular formula is C10H23N3O2. The molecule has 2 N–H and O–H groups in total. The molecule has 0 aromatic carbocycles. The van der Waals surface area contributed by atoms with Gasteiger partial charge in [0, 0.05) is 33.4 Å². The number of hydrogen-bond donors (Lipinski definition) is 2. The molecule has 0 aliphatic rings. The number of hydrogen-bond acceptors (Lipinski definition) is 3. The Morgan fingerprint density at radius 1 is 1.00 bits per heavy atom. The highest BCUT2D eigenvalue weighted by Crippen LogP contribution is 1.74. The first-order chi connectivity index (χ1) is 7.35. The Hall–Kier alpha value is -0.810. The van der Waals surface area contributed by atoms with Crippen LogP contribution >= 0.6 is 0 Å². The third-order valence-corrected chi connectivity index (χ3v) is 1.71. The van der Waals surface area contributed by atoms with Crippen molar-refractivity contribution in [1.29, 1.82) is 0 Å². The van der Waals surface area contributed by atoms with Gasteiger partial charge in [0.15, 0.2) is 5.96 Å². The summed E-state index contributed by atoms with van der Waals surface area (Å²) in [6.45, 7) is 8.38. The van der Waals surface area contributed by atoms with Gasteiger partial charge in [-0.25, -0.2) is 0 Å². The van der Waals surface area contributed by atoms with Gasteiger partial charge in [-0.2, -0.15) is 0 Å². The molecule has 0 bridgehead atoms. The maximum atomic E-state index is 5.20. The van der Waals surface area contributed by atoms with Gasteiger partial charge in [-0.15, -0.1) is 0 Å². The molecule has 0 aromatic rings. The molecule has 0 rings (SSSR count). The summed E-state index contributed by atoms with van der Waals surface area (Å²) in [5, 5.41) is 6.28. The van der Waals surface area contributed by atoms with Crippen LogP contribution in [0.25, 0.3) is 0 Å². The fourth-order valence-corrected chi connectivity index (χ4v) is 0.992. The molecule has 5 heteroatoms. The standard InChI is InChI=1S/C10H23N3O2/c1-4-14-8-6-12-10(11-3)13-7-9-15-5-2/h4-9H2,1-3H3,(H2,11,12,13). The predicted octanol–water partition coefficient (Wildman–Crippen LogP) is 0.224. The molecule has 0 aliphatic heterocycles. The first-order valence-corrected chi connectivity index (χ1v) is 5.45. The highest BCUT2D eigenvalue weighted by molar-refractivity contribution is 5.79. The Bertz CT molecular complexity index is 149. The lowest BCUT2D eigenvalue weighted by molar-refractivity contribution is 0.150. The smallest absolute Gasteiger partial charge is 0.191 e. The van der Waals surface area contributed by atoms with E-state index in [2.05, 4.69) is 15.6 Å². The summed E-state index contributed by atoms with van der Waals surface area (Å²) in [6, 6.07) is 0. The monoisotopic (exact) mass is 217 g/mol. The Morgan fingerprint density at radius 2 is 1.47 bits per heavy atom. The van der Waals surface area contributed by atoms with Gasteiger partial charge in [-0.1, -0.05) is 0 Å². The van der Waals surface area contributed by atoms with Crippen LogP contribution in [-0.4, -0.2) is 52.5 Å². The molecule has 0 amide bonds. The highest BCUT2D eigenvalue weighted by atomic mass is 16.5. The van der Waals surface area contributed by atoms with Crippen LogP contribution < -0.4 is 10.6 Å². The zero-order chi connectivity index (χ0) is 11.4. The maximum absolute atomic E-state index is 5.20. The van der Waals surface area contributed by atoms with Gasteiger partial charge >= 0.3 is 0 Å². The largest absolute Gasteiger partial charge is 0.380 e. The van der Waals surface area contributed by atoms with Crippen LogP contribution in [0.15, 0.2) is 4.99 Å². The summed E-state index contributed by atoms with van der Waals surface area (Å²) in [5.41, 5.74) is 0. The summed E-state index contributed by atoms with van der Waals surface area (Å²) < 4.78 is 10.4. The molecule has 0 spiro atoms. The molecule has 0 aliphatic carbocycles. The van der Waals surface area contributed by atoms with E-state index in [4.69, 9.17) is 9.47 Å².